The van der Waals surface area contributed by atoms with Crippen LogP contribution in [-0.2, 0) is 0 Å². The van der Waals surface area contributed by atoms with Gasteiger partial charge in [-0.1, -0.05) is 0 Å². The molecular formula is C21H27N3O5. The molecule has 2 aromatic carbocycles. The van der Waals surface area contributed by atoms with Gasteiger partial charge in [0.15, 0.2) is 11.5 Å². The second kappa shape index (κ2) is 10.2. The molecular weight excluding hydrogens is 374 g/mol. The van der Waals surface area contributed by atoms with Crippen LogP contribution < -0.4 is 24.5 Å². The summed E-state index contributed by atoms with van der Waals surface area (Å²) in [6.45, 7) is 5.78. The summed E-state index contributed by atoms with van der Waals surface area (Å²) in [5.74, 6) is 0.754. The smallest absolute Gasteiger partial charge is 0.271 e. The molecule has 2 rings (SSSR count). The van der Waals surface area contributed by atoms with Crippen molar-refractivity contribution in [3.8, 4) is 23.0 Å². The van der Waals surface area contributed by atoms with E-state index in [1.807, 2.05) is 6.07 Å². The predicted molar refractivity (Wildman–Crippen MR) is 113 cm³/mol. The first-order valence-corrected chi connectivity index (χ1v) is 9.20. The zero-order chi connectivity index (χ0) is 21.4. The Hall–Kier alpha value is -3.42. The molecule has 0 aromatic heterocycles. The van der Waals surface area contributed by atoms with E-state index in [1.165, 1.54) is 39.7 Å². The van der Waals surface area contributed by atoms with E-state index < -0.39 is 5.91 Å². The van der Waals surface area contributed by atoms with E-state index in [4.69, 9.17) is 14.2 Å². The molecule has 0 aliphatic heterocycles. The summed E-state index contributed by atoms with van der Waals surface area (Å²) in [6.07, 6.45) is 1.39. The lowest BCUT2D eigenvalue weighted by molar-refractivity contribution is 0.0954. The maximum atomic E-state index is 12.4. The molecule has 0 spiro atoms. The standard InChI is InChI=1S/C21H27N3O5/c1-6-24(7-2)16-9-8-14(17(25)12-16)13-22-23-21(26)15-10-18(27-3)20(29-5)19(11-15)28-4/h8-13,25H,6-7H2,1-5H3,(H,23,26)/b22-13-. The number of ether oxygens (including phenoxy) is 3. The minimum absolute atomic E-state index is 0.0835. The molecule has 0 unspecified atom stereocenters. The van der Waals surface area contributed by atoms with Crippen molar-refractivity contribution in [2.75, 3.05) is 39.3 Å². The number of methoxy groups -OCH3 is 3. The van der Waals surface area contributed by atoms with Gasteiger partial charge in [-0.3, -0.25) is 4.79 Å². The maximum absolute atomic E-state index is 12.4. The van der Waals surface area contributed by atoms with E-state index in [0.29, 0.717) is 22.8 Å². The predicted octanol–water partition coefficient (Wildman–Crippen LogP) is 3.03. The number of nitrogens with one attached hydrogen (secondary N) is 1. The number of amides is 1. The van der Waals surface area contributed by atoms with Crippen LogP contribution in [0.2, 0.25) is 0 Å². The Morgan fingerprint density at radius 3 is 2.17 bits per heavy atom. The van der Waals surface area contributed by atoms with Crippen molar-refractivity contribution >= 4 is 17.8 Å². The van der Waals surface area contributed by atoms with Crippen LogP contribution in [0.4, 0.5) is 5.69 Å². The van der Waals surface area contributed by atoms with Crippen LogP contribution in [0, 0.1) is 0 Å². The van der Waals surface area contributed by atoms with E-state index in [-0.39, 0.29) is 11.3 Å². The molecule has 0 radical (unpaired) electrons. The Morgan fingerprint density at radius 2 is 1.69 bits per heavy atom. The third-order valence-corrected chi connectivity index (χ3v) is 4.44. The van der Waals surface area contributed by atoms with E-state index in [1.54, 1.807) is 12.1 Å². The summed E-state index contributed by atoms with van der Waals surface area (Å²) >= 11 is 0. The largest absolute Gasteiger partial charge is 0.507 e. The molecule has 156 valence electrons. The zero-order valence-electron chi connectivity index (χ0n) is 17.4. The Kier molecular flexibility index (Phi) is 7.70. The Balaban J connectivity index is 2.15. The number of aromatic hydroxyl groups is 1. The quantitative estimate of drug-likeness (QED) is 0.496. The van der Waals surface area contributed by atoms with Gasteiger partial charge in [0, 0.05) is 36.0 Å². The van der Waals surface area contributed by atoms with Crippen LogP contribution in [-0.4, -0.2) is 51.6 Å². The van der Waals surface area contributed by atoms with E-state index in [9.17, 15) is 9.90 Å². The van der Waals surface area contributed by atoms with Crippen LogP contribution in [0.5, 0.6) is 23.0 Å². The molecule has 8 heteroatoms. The fourth-order valence-corrected chi connectivity index (χ4v) is 2.86. The van der Waals surface area contributed by atoms with Crippen molar-refractivity contribution in [2.24, 2.45) is 5.10 Å². The van der Waals surface area contributed by atoms with Gasteiger partial charge < -0.3 is 24.2 Å². The Morgan fingerprint density at radius 1 is 1.07 bits per heavy atom. The fourth-order valence-electron chi connectivity index (χ4n) is 2.86. The van der Waals surface area contributed by atoms with Gasteiger partial charge in [0.2, 0.25) is 5.75 Å². The third kappa shape index (κ3) is 5.10. The summed E-state index contributed by atoms with van der Waals surface area (Å²) in [7, 11) is 4.44. The van der Waals surface area contributed by atoms with Crippen molar-refractivity contribution in [1.29, 1.82) is 0 Å². The van der Waals surface area contributed by atoms with Crippen molar-refractivity contribution in [3.63, 3.8) is 0 Å². The summed E-state index contributed by atoms with van der Waals surface area (Å²) in [6, 6.07) is 8.38. The number of phenols is 1. The first-order chi connectivity index (χ1) is 14.0. The van der Waals surface area contributed by atoms with Gasteiger partial charge in [-0.25, -0.2) is 5.43 Å². The number of hydrogen-bond acceptors (Lipinski definition) is 7. The topological polar surface area (TPSA) is 92.6 Å². The number of nitrogens with zero attached hydrogens (tertiary/aromatic N) is 2. The lowest BCUT2D eigenvalue weighted by Gasteiger charge is -2.21. The highest BCUT2D eigenvalue weighted by molar-refractivity contribution is 5.96. The monoisotopic (exact) mass is 401 g/mol. The molecule has 0 aliphatic rings. The maximum Gasteiger partial charge on any atom is 0.271 e. The number of hydrazone groups is 1. The number of carbonyl (C=O) groups is 1. The molecule has 0 bridgehead atoms. The highest BCUT2D eigenvalue weighted by Crippen LogP contribution is 2.38. The van der Waals surface area contributed by atoms with Crippen molar-refractivity contribution in [2.45, 2.75) is 13.8 Å². The van der Waals surface area contributed by atoms with Gasteiger partial charge in [0.1, 0.15) is 5.75 Å². The number of hydrogen-bond donors (Lipinski definition) is 2. The van der Waals surface area contributed by atoms with Gasteiger partial charge in [0.25, 0.3) is 5.91 Å². The van der Waals surface area contributed by atoms with Gasteiger partial charge in [0.05, 0.1) is 27.5 Å². The Labute approximate surface area is 170 Å². The highest BCUT2D eigenvalue weighted by atomic mass is 16.5. The Bertz CT molecular complexity index is 854. The summed E-state index contributed by atoms with van der Waals surface area (Å²) < 4.78 is 15.7. The first kappa shape index (κ1) is 21.9. The molecule has 0 fully saturated rings. The average Bonchev–Trinajstić information content (AvgIpc) is 2.74. The number of benzene rings is 2. The van der Waals surface area contributed by atoms with Crippen molar-refractivity contribution < 1.29 is 24.1 Å². The van der Waals surface area contributed by atoms with Gasteiger partial charge in [-0.15, -0.1) is 0 Å². The van der Waals surface area contributed by atoms with Crippen LogP contribution in [0.1, 0.15) is 29.8 Å². The van der Waals surface area contributed by atoms with Gasteiger partial charge in [-0.05, 0) is 38.1 Å². The molecule has 2 N–H and O–H groups in total. The SMILES string of the molecule is CCN(CC)c1ccc(/C=N\NC(=O)c2cc(OC)c(OC)c(OC)c2)c(O)c1. The van der Waals surface area contributed by atoms with Crippen LogP contribution in [0.25, 0.3) is 0 Å². The van der Waals surface area contributed by atoms with Crippen LogP contribution in [0.3, 0.4) is 0 Å². The molecule has 0 aliphatic carbocycles. The lowest BCUT2D eigenvalue weighted by Crippen LogP contribution is -2.21. The average molecular weight is 401 g/mol. The van der Waals surface area contributed by atoms with Crippen LogP contribution in [0.15, 0.2) is 35.4 Å². The number of rotatable bonds is 9. The summed E-state index contributed by atoms with van der Waals surface area (Å²) in [4.78, 5) is 14.5. The normalized spacial score (nSPS) is 10.7. The molecule has 2 aromatic rings. The molecule has 8 nitrogen and oxygen atoms in total. The lowest BCUT2D eigenvalue weighted by atomic mass is 10.1. The second-order valence-electron chi connectivity index (χ2n) is 6.03. The minimum Gasteiger partial charge on any atom is -0.507 e. The van der Waals surface area contributed by atoms with E-state index in [2.05, 4.69) is 29.3 Å². The van der Waals surface area contributed by atoms with Crippen molar-refractivity contribution in [1.82, 2.24) is 5.43 Å². The van der Waals surface area contributed by atoms with Gasteiger partial charge in [-0.2, -0.15) is 5.10 Å². The summed E-state index contributed by atoms with van der Waals surface area (Å²) in [5.41, 5.74) is 4.14. The van der Waals surface area contributed by atoms with Crippen LogP contribution >= 0.6 is 0 Å². The summed E-state index contributed by atoms with van der Waals surface area (Å²) in [5, 5.41) is 14.2. The molecule has 1 amide bonds. The molecule has 29 heavy (non-hydrogen) atoms. The fraction of sp³-hybridized carbons (Fsp3) is 0.333. The first-order valence-electron chi connectivity index (χ1n) is 9.20. The number of phenolic OH excluding ortho intramolecular Hbond substituents is 1. The van der Waals surface area contributed by atoms with Gasteiger partial charge >= 0.3 is 0 Å². The number of carbonyl (C=O) groups excluding carboxylic acids is 1. The highest BCUT2D eigenvalue weighted by Gasteiger charge is 2.16. The number of anilines is 1. The second-order valence-corrected chi connectivity index (χ2v) is 6.03. The minimum atomic E-state index is -0.459. The molecule has 0 saturated heterocycles. The molecule has 0 saturated carbocycles. The zero-order valence-corrected chi connectivity index (χ0v) is 17.4. The van der Waals surface area contributed by atoms with E-state index >= 15 is 0 Å². The van der Waals surface area contributed by atoms with Crippen molar-refractivity contribution in [3.05, 3.63) is 41.5 Å². The van der Waals surface area contributed by atoms with E-state index in [0.717, 1.165) is 18.8 Å². The molecule has 0 atom stereocenters. The third-order valence-electron chi connectivity index (χ3n) is 4.44. The molecule has 0 heterocycles.